The molecule has 7 rings (SSSR count). The van der Waals surface area contributed by atoms with Gasteiger partial charge in [-0.3, -0.25) is 24.1 Å². The lowest BCUT2D eigenvalue weighted by Crippen LogP contribution is -2.64. The summed E-state index contributed by atoms with van der Waals surface area (Å²) in [5, 5.41) is 20.8. The van der Waals surface area contributed by atoms with E-state index in [2.05, 4.69) is 0 Å². The van der Waals surface area contributed by atoms with Gasteiger partial charge in [0.25, 0.3) is 0 Å². The maximum absolute atomic E-state index is 13.8. The zero-order chi connectivity index (χ0) is 39.8. The number of carboxylic acid groups (broad SMARTS) is 1. The minimum Gasteiger partial charge on any atom is -0.493 e. The number of nitrogens with zero attached hydrogens (tertiary/aromatic N) is 1. The summed E-state index contributed by atoms with van der Waals surface area (Å²) >= 11 is 0. The van der Waals surface area contributed by atoms with Gasteiger partial charge in [0.1, 0.15) is 18.3 Å². The Hall–Kier alpha value is -4.72. The van der Waals surface area contributed by atoms with Crippen LogP contribution in [-0.4, -0.2) is 131 Å². The highest BCUT2D eigenvalue weighted by atomic mass is 16.8. The number of hydrogen-bond donors (Lipinski definition) is 2. The fourth-order valence-electron chi connectivity index (χ4n) is 7.94. The maximum Gasteiger partial charge on any atom is 0.325 e. The van der Waals surface area contributed by atoms with Gasteiger partial charge in [-0.2, -0.15) is 0 Å². The number of aliphatic carboxylic acids is 1. The molecule has 5 aliphatic rings. The summed E-state index contributed by atoms with van der Waals surface area (Å²) in [6.07, 6.45) is -8.03. The summed E-state index contributed by atoms with van der Waals surface area (Å²) in [4.78, 5) is 52.1. The summed E-state index contributed by atoms with van der Waals surface area (Å²) < 4.78 is 64.5. The first-order valence-corrected chi connectivity index (χ1v) is 18.3. The molecule has 1 aliphatic carbocycles. The Morgan fingerprint density at radius 1 is 0.911 bits per heavy atom. The van der Waals surface area contributed by atoms with E-state index in [4.69, 9.17) is 57.2 Å². The van der Waals surface area contributed by atoms with Gasteiger partial charge in [-0.15, -0.1) is 0 Å². The standard InChI is InChI=1S/C38H45NO17/c1-17-48-15-26-35(52-17)36(54-28(42)8-6-7-27(40)41)32(44)38(53-26)56-33-20-12-23-22(50-16-51-23)11-19(20)30(31-21(33)14-49-37(31)45)18-9-24(46-4)34(25(10-18)47-5)55-29(43)13-39(2)3/h9-12,17,21,26,30-33,35-36,38,44H,6-8,13-16H2,1-5H3,(H,40,41)/t17-,21+,26-,30-,31+,32-,33-,35-,36-,38+/m1/s1. The topological polar surface area (TPSA) is 214 Å². The monoisotopic (exact) mass is 787 g/mol. The van der Waals surface area contributed by atoms with Crippen LogP contribution >= 0.6 is 0 Å². The van der Waals surface area contributed by atoms with Crippen LogP contribution in [-0.2, 0) is 47.6 Å². The second kappa shape index (κ2) is 16.4. The van der Waals surface area contributed by atoms with Gasteiger partial charge >= 0.3 is 23.9 Å². The molecule has 0 bridgehead atoms. The highest BCUT2D eigenvalue weighted by Crippen LogP contribution is 2.57. The molecule has 2 N–H and O–H groups in total. The van der Waals surface area contributed by atoms with Crippen molar-refractivity contribution in [3.8, 4) is 28.7 Å². The van der Waals surface area contributed by atoms with E-state index in [0.29, 0.717) is 28.2 Å². The fraction of sp³-hybridized carbons (Fsp3) is 0.579. The summed E-state index contributed by atoms with van der Waals surface area (Å²) in [7, 11) is 6.32. The minimum atomic E-state index is -1.58. The predicted molar refractivity (Wildman–Crippen MR) is 186 cm³/mol. The number of esters is 3. The van der Waals surface area contributed by atoms with Gasteiger partial charge in [0.2, 0.25) is 12.5 Å². The van der Waals surface area contributed by atoms with Crippen molar-refractivity contribution in [1.29, 1.82) is 0 Å². The third kappa shape index (κ3) is 7.81. The number of methoxy groups -OCH3 is 2. The van der Waals surface area contributed by atoms with Crippen molar-refractivity contribution in [3.63, 3.8) is 0 Å². The van der Waals surface area contributed by atoms with Crippen LogP contribution in [0.5, 0.6) is 28.7 Å². The Morgan fingerprint density at radius 3 is 2.27 bits per heavy atom. The van der Waals surface area contributed by atoms with Crippen LogP contribution in [0.2, 0.25) is 0 Å². The zero-order valence-corrected chi connectivity index (χ0v) is 31.5. The molecule has 0 saturated carbocycles. The molecule has 2 aromatic rings. The second-order valence-electron chi connectivity index (χ2n) is 14.4. The molecule has 3 fully saturated rings. The number of cyclic esters (lactones) is 1. The van der Waals surface area contributed by atoms with Crippen molar-refractivity contribution in [3.05, 3.63) is 41.0 Å². The lowest BCUT2D eigenvalue weighted by molar-refractivity contribution is -0.365. The predicted octanol–water partition coefficient (Wildman–Crippen LogP) is 1.91. The van der Waals surface area contributed by atoms with Crippen molar-refractivity contribution in [2.45, 2.75) is 75.2 Å². The van der Waals surface area contributed by atoms with Crippen LogP contribution in [0.25, 0.3) is 0 Å². The minimum absolute atomic E-state index is 0.00414. The van der Waals surface area contributed by atoms with E-state index < -0.39 is 84.7 Å². The molecular weight excluding hydrogens is 742 g/mol. The summed E-state index contributed by atoms with van der Waals surface area (Å²) in [5.41, 5.74) is 1.78. The largest absolute Gasteiger partial charge is 0.493 e. The Bertz CT molecular complexity index is 1810. The zero-order valence-electron chi connectivity index (χ0n) is 31.5. The van der Waals surface area contributed by atoms with E-state index in [1.807, 2.05) is 0 Å². The molecule has 0 unspecified atom stereocenters. The lowest BCUT2D eigenvalue weighted by Gasteiger charge is -2.48. The van der Waals surface area contributed by atoms with E-state index in [1.54, 1.807) is 50.2 Å². The fourth-order valence-corrected chi connectivity index (χ4v) is 7.94. The number of carbonyl (C=O) groups excluding carboxylic acids is 3. The highest BCUT2D eigenvalue weighted by molar-refractivity contribution is 5.80. The molecule has 18 heteroatoms. The molecule has 4 heterocycles. The molecule has 56 heavy (non-hydrogen) atoms. The van der Waals surface area contributed by atoms with Crippen molar-refractivity contribution in [2.75, 3.05) is 54.9 Å². The van der Waals surface area contributed by atoms with Crippen LogP contribution in [0.1, 0.15) is 54.9 Å². The number of ether oxygens (including phenoxy) is 11. The highest BCUT2D eigenvalue weighted by Gasteiger charge is 2.57. The molecule has 304 valence electrons. The van der Waals surface area contributed by atoms with Gasteiger partial charge in [0, 0.05) is 24.7 Å². The maximum atomic E-state index is 13.8. The molecule has 18 nitrogen and oxygen atoms in total. The molecule has 0 radical (unpaired) electrons. The first-order chi connectivity index (χ1) is 26.9. The Balaban J connectivity index is 1.25. The van der Waals surface area contributed by atoms with E-state index >= 15 is 0 Å². The number of hydrogen-bond acceptors (Lipinski definition) is 17. The first kappa shape index (κ1) is 39.5. The van der Waals surface area contributed by atoms with Gasteiger partial charge in [0.05, 0.1) is 46.0 Å². The quantitative estimate of drug-likeness (QED) is 0.219. The number of benzene rings is 2. The molecule has 10 atom stereocenters. The van der Waals surface area contributed by atoms with Gasteiger partial charge in [-0.25, -0.2) is 0 Å². The van der Waals surface area contributed by atoms with E-state index in [0.717, 1.165) is 0 Å². The number of aliphatic hydroxyl groups is 1. The first-order valence-electron chi connectivity index (χ1n) is 18.3. The Morgan fingerprint density at radius 2 is 1.61 bits per heavy atom. The molecule has 3 saturated heterocycles. The molecule has 0 aromatic heterocycles. The summed E-state index contributed by atoms with van der Waals surface area (Å²) in [6.45, 7) is 1.61. The summed E-state index contributed by atoms with van der Waals surface area (Å²) in [5.74, 6) is -3.67. The summed E-state index contributed by atoms with van der Waals surface area (Å²) in [6, 6.07) is 6.88. The van der Waals surface area contributed by atoms with Crippen molar-refractivity contribution in [2.24, 2.45) is 11.8 Å². The third-order valence-corrected chi connectivity index (χ3v) is 10.4. The number of aliphatic hydroxyl groups excluding tert-OH is 1. The molecule has 0 amide bonds. The number of carbonyl (C=O) groups is 4. The SMILES string of the molecule is COc1cc([C@@H]2c3cc4c(cc3[C@@H](O[C@@H]3O[C@@H]5CO[C@@H](C)O[C@H]5[C@H](OC(=O)CCCC(=O)O)[C@H]3O)[C@H]3COC(=O)[C@H]23)OCO4)cc(OC)c1OC(=O)CN(C)C. The molecule has 2 aromatic carbocycles. The van der Waals surface area contributed by atoms with Gasteiger partial charge in [-0.1, -0.05) is 0 Å². The lowest BCUT2D eigenvalue weighted by atomic mass is 9.66. The second-order valence-corrected chi connectivity index (χ2v) is 14.4. The van der Waals surface area contributed by atoms with E-state index in [-0.39, 0.29) is 63.1 Å². The van der Waals surface area contributed by atoms with E-state index in [1.165, 1.54) is 14.2 Å². The van der Waals surface area contributed by atoms with Crippen LogP contribution in [0.4, 0.5) is 0 Å². The van der Waals surface area contributed by atoms with Crippen molar-refractivity contribution < 1.29 is 81.5 Å². The van der Waals surface area contributed by atoms with Crippen molar-refractivity contribution in [1.82, 2.24) is 4.90 Å². The average molecular weight is 788 g/mol. The molecule has 0 spiro atoms. The number of fused-ring (bicyclic) bond motifs is 4. The normalized spacial score (nSPS) is 30.1. The van der Waals surface area contributed by atoms with Gasteiger partial charge in [-0.05, 0) is 68.4 Å². The van der Waals surface area contributed by atoms with Gasteiger partial charge in [0.15, 0.2) is 41.7 Å². The number of rotatable bonds is 13. The average Bonchev–Trinajstić information content (AvgIpc) is 3.78. The number of likely N-dealkylation sites (N-methyl/N-ethyl adjacent to an activating group) is 1. The molecular formula is C38H45NO17. The Kier molecular flexibility index (Phi) is 11.6. The van der Waals surface area contributed by atoms with Crippen LogP contribution in [0.3, 0.4) is 0 Å². The van der Waals surface area contributed by atoms with Crippen LogP contribution < -0.4 is 23.7 Å². The Labute approximate surface area is 321 Å². The van der Waals surface area contributed by atoms with Crippen molar-refractivity contribution >= 4 is 23.9 Å². The molecule has 4 aliphatic heterocycles. The number of carboxylic acids is 1. The smallest absolute Gasteiger partial charge is 0.325 e. The third-order valence-electron chi connectivity index (χ3n) is 10.4. The van der Waals surface area contributed by atoms with Crippen LogP contribution in [0, 0.1) is 11.8 Å². The van der Waals surface area contributed by atoms with Gasteiger partial charge < -0.3 is 62.3 Å². The van der Waals surface area contributed by atoms with Crippen LogP contribution in [0.15, 0.2) is 24.3 Å². The van der Waals surface area contributed by atoms with E-state index in [9.17, 15) is 24.3 Å².